The van der Waals surface area contributed by atoms with E-state index in [9.17, 15) is 9.90 Å². The SMILES string of the molecule is C#Cc1cnc(-c2ccc(CO)s2)nc1Nc1cc(C2CC2)[nH]n1.C#Cc1cnc(-c2ccc(CO[Si](C)(C)C(C)(C)C)s2)nc1Nc1cc(C2CC2)[nH]n1.CC(C)(C)[Si](C)(C)OCc1ccc(Br)s1.CC1(C)OB(c2ccc(CO[Si](C)(C)C(C)(C)C)s2)OC1(C)C.C[Si](C)(C)C#Cc1cnc(Br)nc1Nc1cc(C2CC2)[nH]n1.O=Cc1ccc(Br)s1.OCc1ccc(Br)s1. The summed E-state index contributed by atoms with van der Waals surface area (Å²) in [6, 6.07) is 29.9. The fraction of sp³-hybridized carbons (Fsp3) is 0.441. The lowest BCUT2D eigenvalue weighted by Crippen LogP contribution is -2.41. The molecule has 38 heteroatoms. The number of thiophene rings is 6. The summed E-state index contributed by atoms with van der Waals surface area (Å²) in [6.45, 7) is 51.2. The van der Waals surface area contributed by atoms with Gasteiger partial charge in [-0.05, 0) is 251 Å². The molecule has 0 bridgehead atoms. The van der Waals surface area contributed by atoms with Crippen LogP contribution in [-0.2, 0) is 55.6 Å². The van der Waals surface area contributed by atoms with Gasteiger partial charge in [-0.1, -0.05) is 106 Å². The molecule has 13 heterocycles. The largest absolute Gasteiger partial charge is 0.505 e. The molecule has 8 N–H and O–H groups in total. The van der Waals surface area contributed by atoms with Gasteiger partial charge in [0.05, 0.1) is 86.9 Å². The first-order valence-corrected chi connectivity index (χ1v) is 63.4. The molecule has 1 aliphatic heterocycles. The van der Waals surface area contributed by atoms with Crippen molar-refractivity contribution in [1.82, 2.24) is 60.5 Å². The van der Waals surface area contributed by atoms with Crippen LogP contribution in [-0.4, -0.2) is 128 Å². The highest BCUT2D eigenvalue weighted by Crippen LogP contribution is 2.45. The Hall–Kier alpha value is -6.61. The molecule has 0 spiro atoms. The first-order chi connectivity index (χ1) is 61.5. The number of aliphatic hydroxyl groups excluding tert-OH is 2. The predicted octanol–water partition coefficient (Wildman–Crippen LogP) is 26.8. The van der Waals surface area contributed by atoms with E-state index in [1.165, 1.54) is 85.3 Å². The normalized spacial score (nSPS) is 14.7. The van der Waals surface area contributed by atoms with Crippen molar-refractivity contribution in [2.24, 2.45) is 0 Å². The number of hydrogen-bond donors (Lipinski definition) is 8. The van der Waals surface area contributed by atoms with Gasteiger partial charge in [-0.25, -0.2) is 29.9 Å². The predicted molar refractivity (Wildman–Crippen MR) is 567 cm³/mol. The Bertz CT molecular complexity index is 5920. The quantitative estimate of drug-likeness (QED) is 0.0121. The van der Waals surface area contributed by atoms with Gasteiger partial charge in [0.15, 0.2) is 82.5 Å². The second-order valence-electron chi connectivity index (χ2n) is 38.5. The fourth-order valence-corrected chi connectivity index (χ4v) is 21.4. The summed E-state index contributed by atoms with van der Waals surface area (Å²) in [5, 5.41) is 50.3. The molecule has 16 rings (SSSR count). The van der Waals surface area contributed by atoms with Crippen LogP contribution in [0.15, 0.2) is 126 Å². The van der Waals surface area contributed by atoms with Gasteiger partial charge in [-0.3, -0.25) is 20.1 Å². The minimum absolute atomic E-state index is 0.00935. The van der Waals surface area contributed by atoms with Crippen LogP contribution in [0.5, 0.6) is 0 Å². The molecule has 0 amide bonds. The van der Waals surface area contributed by atoms with Crippen LogP contribution in [0.3, 0.4) is 0 Å². The molecule has 1 saturated heterocycles. The number of aromatic amines is 3. The number of aliphatic hydroxyl groups is 2. The molecule has 698 valence electrons. The first kappa shape index (κ1) is 106. The fourth-order valence-electron chi connectivity index (χ4n) is 11.0. The van der Waals surface area contributed by atoms with E-state index in [1.54, 1.807) is 70.0 Å². The van der Waals surface area contributed by atoms with Crippen molar-refractivity contribution >= 4 is 218 Å². The Labute approximate surface area is 834 Å². The van der Waals surface area contributed by atoms with Crippen LogP contribution in [0.4, 0.5) is 34.9 Å². The minimum atomic E-state index is -1.79. The molecule has 0 radical (unpaired) electrons. The minimum Gasteiger partial charge on any atom is -0.412 e. The van der Waals surface area contributed by atoms with Gasteiger partial charge in [0, 0.05) is 101 Å². The third-order valence-corrected chi connectivity index (χ3v) is 45.8. The van der Waals surface area contributed by atoms with Gasteiger partial charge in [-0.2, -0.15) is 15.3 Å². The zero-order valence-corrected chi connectivity index (χ0v) is 93.8. The molecule has 0 unspecified atom stereocenters. The molecule has 3 saturated carbocycles. The molecular formula is C93H120BBr4N15O8S6Si4. The number of terminal acetylenes is 2. The van der Waals surface area contributed by atoms with Crippen molar-refractivity contribution in [3.8, 4) is 57.6 Å². The highest BCUT2D eigenvalue weighted by atomic mass is 79.9. The second kappa shape index (κ2) is 46.0. The lowest BCUT2D eigenvalue weighted by Gasteiger charge is -2.36. The topological polar surface area (TPSA) is 303 Å². The van der Waals surface area contributed by atoms with Gasteiger partial charge < -0.3 is 48.8 Å². The van der Waals surface area contributed by atoms with Gasteiger partial charge in [-0.15, -0.1) is 86.4 Å². The number of aldehydes is 1. The number of nitrogens with one attached hydrogen (secondary N) is 6. The molecule has 4 aliphatic rings. The average molecular weight is 2210 g/mol. The molecule has 0 atom stereocenters. The second-order valence-corrected chi connectivity index (χ2v) is 69.5. The number of carbonyl (C=O) groups excluding carboxylic acids is 1. The number of H-pyrrole nitrogens is 3. The van der Waals surface area contributed by atoms with Crippen molar-refractivity contribution in [3.63, 3.8) is 0 Å². The van der Waals surface area contributed by atoms with Crippen LogP contribution in [0.2, 0.25) is 74.0 Å². The first-order valence-electron chi connectivity index (χ1n) is 43.1. The van der Waals surface area contributed by atoms with E-state index in [4.69, 9.17) is 45.5 Å². The molecule has 0 aromatic carbocycles. The van der Waals surface area contributed by atoms with Crippen molar-refractivity contribution < 1.29 is 37.6 Å². The summed E-state index contributed by atoms with van der Waals surface area (Å²) in [6.07, 6.45) is 24.4. The summed E-state index contributed by atoms with van der Waals surface area (Å²) >= 11 is 22.9. The number of nitrogens with zero attached hydrogens (tertiary/aromatic N) is 9. The maximum Gasteiger partial charge on any atom is 0.505 e. The molecule has 131 heavy (non-hydrogen) atoms. The van der Waals surface area contributed by atoms with Gasteiger partial charge in [0.1, 0.15) is 8.07 Å². The molecule has 12 aromatic rings. The van der Waals surface area contributed by atoms with Crippen LogP contribution >= 0.6 is 132 Å². The Morgan fingerprint density at radius 3 is 1.18 bits per heavy atom. The molecule has 4 fully saturated rings. The number of rotatable bonds is 24. The third kappa shape index (κ3) is 32.0. The van der Waals surface area contributed by atoms with E-state index in [0.29, 0.717) is 86.8 Å². The van der Waals surface area contributed by atoms with Crippen molar-refractivity contribution in [1.29, 1.82) is 0 Å². The molecular weight excluding hydrogens is 2090 g/mol. The Kier molecular flexibility index (Phi) is 37.4. The van der Waals surface area contributed by atoms with Gasteiger partial charge >= 0.3 is 7.12 Å². The number of hydrogen-bond acceptors (Lipinski definition) is 26. The maximum absolute atomic E-state index is 10.0. The van der Waals surface area contributed by atoms with E-state index in [-0.39, 0.29) is 41.6 Å². The van der Waals surface area contributed by atoms with E-state index in [1.807, 2.05) is 54.6 Å². The average Bonchev–Trinajstić information content (AvgIpc) is 1.62. The van der Waals surface area contributed by atoms with Crippen LogP contribution in [0, 0.1) is 36.2 Å². The van der Waals surface area contributed by atoms with Crippen molar-refractivity contribution in [2.75, 3.05) is 16.0 Å². The summed E-state index contributed by atoms with van der Waals surface area (Å²) in [7, 11) is -6.81. The number of carbonyl (C=O) groups is 1. The zero-order valence-electron chi connectivity index (χ0n) is 78.5. The number of halogens is 4. The standard InChI is InChI=1S/C23H29N5OSSi.C17H31BO3SSi.C17H15N5OS.C15H18BrN5Si.C11H19BrOSSi.C5H5BrOS.C5H3BrOS/c1-7-15-13-24-22(26-21(15)25-20-12-18(27-28-20)16-8-9-16)19-11-10-17(30-19)14-29-31(5,6)23(2,3)4;1-15(2,3)23(8,9)19-12-13-10-11-14(22-13)18-20-16(4,5)17(6,7)21-18;1-2-10-8-18-17(14-6-5-12(9-23)24-14)20-16(10)19-15-7-13(21-22-15)11-3-4-11;1-22(2,3)7-6-11-9-17-15(16)19-14(11)18-13-8-12(20-21-13)10-4-5-10;1-11(2,3)15(4,5)13-8-9-6-7-10(12)14-9;2*6-5-2-1-4(3-7)8-5/h1,10-13,16H,8-9,14H2,2-6H3,(H2,24,25,26,27,28);10-11H,12H2,1-9H3;1,5-8,11,23H,3-4,9H2,(H2,18,19,20,21,22);8-10H,4-5H2,1-3H3,(H2,17,18,19,20,21);6-7H,8H2,1-5H3;1-2,7H,3H2;1-3H. The monoisotopic (exact) mass is 2210 g/mol. The lowest BCUT2D eigenvalue weighted by molar-refractivity contribution is 0.00578. The third-order valence-electron chi connectivity index (χ3n) is 23.2. The number of aromatic nitrogens is 12. The Balaban J connectivity index is 0.000000165. The van der Waals surface area contributed by atoms with Crippen LogP contribution < -0.4 is 20.7 Å². The summed E-state index contributed by atoms with van der Waals surface area (Å²) in [4.78, 5) is 44.8. The Morgan fingerprint density at radius 1 is 0.489 bits per heavy atom. The number of anilines is 6. The van der Waals surface area contributed by atoms with E-state index in [2.05, 4.69) is 338 Å². The molecule has 3 aliphatic carbocycles. The lowest BCUT2D eigenvalue weighted by atomic mass is 9.88. The van der Waals surface area contributed by atoms with Gasteiger partial charge in [0.25, 0.3) is 0 Å². The van der Waals surface area contributed by atoms with E-state index >= 15 is 0 Å². The van der Waals surface area contributed by atoms with Crippen molar-refractivity contribution in [2.45, 2.75) is 265 Å². The Morgan fingerprint density at radius 2 is 0.840 bits per heavy atom. The van der Waals surface area contributed by atoms with E-state index < -0.39 is 33.0 Å². The highest BCUT2D eigenvalue weighted by molar-refractivity contribution is 9.11. The van der Waals surface area contributed by atoms with Crippen molar-refractivity contribution in [3.05, 3.63) is 189 Å². The van der Waals surface area contributed by atoms with E-state index in [0.717, 1.165) is 78.2 Å². The summed E-state index contributed by atoms with van der Waals surface area (Å²) in [5.41, 5.74) is 8.22. The van der Waals surface area contributed by atoms with Crippen LogP contribution in [0.25, 0.3) is 21.4 Å². The van der Waals surface area contributed by atoms with Gasteiger partial charge in [0.2, 0.25) is 0 Å². The van der Waals surface area contributed by atoms with Crippen LogP contribution in [0.1, 0.15) is 214 Å². The smallest absolute Gasteiger partial charge is 0.412 e. The maximum atomic E-state index is 10.0. The highest BCUT2D eigenvalue weighted by Gasteiger charge is 2.52. The summed E-state index contributed by atoms with van der Waals surface area (Å²) in [5.74, 6) is 15.5. The summed E-state index contributed by atoms with van der Waals surface area (Å²) < 4.78 is 35.9. The molecule has 12 aromatic heterocycles. The molecule has 23 nitrogen and oxygen atoms in total. The zero-order chi connectivity index (χ0) is 95.8.